The summed E-state index contributed by atoms with van der Waals surface area (Å²) >= 11 is 1.64. The minimum Gasteiger partial charge on any atom is -0.322 e. The number of hydrogen-bond donors (Lipinski definition) is 1. The number of thiophene rings is 1. The lowest BCUT2D eigenvalue weighted by Crippen LogP contribution is -2.12. The molecule has 0 aliphatic heterocycles. The van der Waals surface area contributed by atoms with Crippen LogP contribution in [-0.2, 0) is 0 Å². The lowest BCUT2D eigenvalue weighted by atomic mass is 10.2. The summed E-state index contributed by atoms with van der Waals surface area (Å²) in [6, 6.07) is 29.6. The molecule has 5 rings (SSSR count). The molecule has 2 aromatic heterocycles. The zero-order valence-corrected chi connectivity index (χ0v) is 16.3. The van der Waals surface area contributed by atoms with E-state index in [0.29, 0.717) is 11.3 Å². The van der Waals surface area contributed by atoms with Crippen LogP contribution in [-0.4, -0.2) is 15.7 Å². The van der Waals surface area contributed by atoms with Crippen molar-refractivity contribution in [3.8, 4) is 16.3 Å². The molecular weight excluding hydrogens is 378 g/mol. The summed E-state index contributed by atoms with van der Waals surface area (Å²) < 4.78 is 2.94. The van der Waals surface area contributed by atoms with Gasteiger partial charge in [-0.05, 0) is 41.8 Å². The van der Waals surface area contributed by atoms with Gasteiger partial charge < -0.3 is 5.32 Å². The highest BCUT2D eigenvalue weighted by atomic mass is 32.1. The number of para-hydroxylation sites is 2. The van der Waals surface area contributed by atoms with Gasteiger partial charge in [-0.1, -0.05) is 54.6 Å². The number of anilines is 1. The van der Waals surface area contributed by atoms with E-state index in [2.05, 4.69) is 23.5 Å². The number of nitrogens with zero attached hydrogens (tertiary/aromatic N) is 2. The quantitative estimate of drug-likeness (QED) is 0.405. The summed E-state index contributed by atoms with van der Waals surface area (Å²) in [5.74, 6) is -0.175. The molecule has 140 valence electrons. The number of nitrogens with one attached hydrogen (secondary N) is 1. The largest absolute Gasteiger partial charge is 0.322 e. The Bertz CT molecular complexity index is 1260. The highest BCUT2D eigenvalue weighted by Gasteiger charge is 2.20. The zero-order valence-electron chi connectivity index (χ0n) is 15.4. The van der Waals surface area contributed by atoms with Crippen LogP contribution >= 0.6 is 11.3 Å². The molecule has 29 heavy (non-hydrogen) atoms. The average Bonchev–Trinajstić information content (AvgIpc) is 3.39. The van der Waals surface area contributed by atoms with Gasteiger partial charge in [0.25, 0.3) is 5.91 Å². The van der Waals surface area contributed by atoms with E-state index >= 15 is 0 Å². The molecule has 0 saturated heterocycles. The number of aromatic nitrogens is 2. The second-order valence-electron chi connectivity index (χ2n) is 6.64. The number of carbonyl (C=O) groups excluding carboxylic acids is 1. The van der Waals surface area contributed by atoms with Crippen molar-refractivity contribution < 1.29 is 4.79 Å². The van der Waals surface area contributed by atoms with Gasteiger partial charge >= 0.3 is 0 Å². The molecule has 0 aliphatic rings. The smallest absolute Gasteiger partial charge is 0.259 e. The van der Waals surface area contributed by atoms with Crippen LogP contribution in [0.15, 0.2) is 97.2 Å². The summed E-state index contributed by atoms with van der Waals surface area (Å²) in [5.41, 5.74) is 2.90. The fraction of sp³-hybridized carbons (Fsp3) is 0. The van der Waals surface area contributed by atoms with Gasteiger partial charge in [0.2, 0.25) is 0 Å². The van der Waals surface area contributed by atoms with Crippen LogP contribution < -0.4 is 5.32 Å². The van der Waals surface area contributed by atoms with Crippen LogP contribution in [0.1, 0.15) is 10.4 Å². The van der Waals surface area contributed by atoms with E-state index in [-0.39, 0.29) is 5.91 Å². The molecule has 3 aromatic carbocycles. The van der Waals surface area contributed by atoms with Crippen LogP contribution in [0.3, 0.4) is 0 Å². The Morgan fingerprint density at radius 1 is 0.862 bits per heavy atom. The maximum Gasteiger partial charge on any atom is 0.259 e. The minimum atomic E-state index is -0.175. The summed E-state index contributed by atoms with van der Waals surface area (Å²) in [6.07, 6.45) is 1.80. The zero-order chi connectivity index (χ0) is 19.6. The Kier molecular flexibility index (Phi) is 4.42. The second-order valence-corrected chi connectivity index (χ2v) is 7.72. The molecule has 5 aromatic rings. The molecule has 0 bridgehead atoms. The van der Waals surface area contributed by atoms with E-state index < -0.39 is 0 Å². The summed E-state index contributed by atoms with van der Waals surface area (Å²) in [6.45, 7) is 0. The maximum atomic E-state index is 13.1. The first-order valence-electron chi connectivity index (χ1n) is 9.28. The Morgan fingerprint density at radius 3 is 2.31 bits per heavy atom. The highest BCUT2D eigenvalue weighted by Crippen LogP contribution is 2.35. The molecule has 0 atom stereocenters. The Balaban J connectivity index is 1.61. The van der Waals surface area contributed by atoms with Gasteiger partial charge in [-0.3, -0.25) is 4.79 Å². The summed E-state index contributed by atoms with van der Waals surface area (Å²) in [7, 11) is 0. The first-order valence-corrected chi connectivity index (χ1v) is 10.1. The van der Waals surface area contributed by atoms with Gasteiger partial charge in [0.05, 0.1) is 16.1 Å². The molecule has 2 heterocycles. The Labute approximate surface area is 172 Å². The number of amides is 1. The van der Waals surface area contributed by atoms with Gasteiger partial charge in [-0.15, -0.1) is 11.3 Å². The van der Waals surface area contributed by atoms with E-state index in [9.17, 15) is 4.79 Å². The number of hydrogen-bond acceptors (Lipinski definition) is 3. The average molecular weight is 395 g/mol. The van der Waals surface area contributed by atoms with Crippen LogP contribution in [0.4, 0.5) is 5.69 Å². The first-order chi connectivity index (χ1) is 14.3. The van der Waals surface area contributed by atoms with E-state index in [1.807, 2.05) is 72.8 Å². The molecule has 0 fully saturated rings. The lowest BCUT2D eigenvalue weighted by Gasteiger charge is -2.04. The third-order valence-electron chi connectivity index (χ3n) is 4.67. The van der Waals surface area contributed by atoms with Crippen molar-refractivity contribution in [3.05, 3.63) is 103 Å². The number of fused-ring (bicyclic) bond motifs is 1. The molecule has 5 heteroatoms. The van der Waals surface area contributed by atoms with Crippen molar-refractivity contribution in [2.24, 2.45) is 0 Å². The SMILES string of the molecule is O=C(Nc1ccccc1)c1cn(-c2ccccc2)nc1-c1cc2ccccc2s1. The molecule has 1 amide bonds. The van der Waals surface area contributed by atoms with Crippen molar-refractivity contribution in [2.75, 3.05) is 5.32 Å². The van der Waals surface area contributed by atoms with Gasteiger partial charge in [0.15, 0.2) is 0 Å². The van der Waals surface area contributed by atoms with E-state index in [4.69, 9.17) is 5.10 Å². The Hall–Kier alpha value is -3.70. The van der Waals surface area contributed by atoms with Crippen molar-refractivity contribution in [3.63, 3.8) is 0 Å². The molecule has 0 radical (unpaired) electrons. The van der Waals surface area contributed by atoms with Crippen LogP contribution in [0.25, 0.3) is 26.3 Å². The van der Waals surface area contributed by atoms with Gasteiger partial charge in [-0.25, -0.2) is 4.68 Å². The van der Waals surface area contributed by atoms with Gasteiger partial charge in [0.1, 0.15) is 5.69 Å². The van der Waals surface area contributed by atoms with Crippen molar-refractivity contribution >= 4 is 33.0 Å². The summed E-state index contributed by atoms with van der Waals surface area (Å²) in [5, 5.41) is 8.90. The minimum absolute atomic E-state index is 0.175. The topological polar surface area (TPSA) is 46.9 Å². The predicted molar refractivity (Wildman–Crippen MR) is 119 cm³/mol. The van der Waals surface area contributed by atoms with Gasteiger partial charge in [-0.2, -0.15) is 5.10 Å². The number of benzene rings is 3. The second kappa shape index (κ2) is 7.37. The lowest BCUT2D eigenvalue weighted by molar-refractivity contribution is 0.102. The monoisotopic (exact) mass is 395 g/mol. The maximum absolute atomic E-state index is 13.1. The van der Waals surface area contributed by atoms with Crippen LogP contribution in [0, 0.1) is 0 Å². The number of rotatable bonds is 4. The van der Waals surface area contributed by atoms with Crippen molar-refractivity contribution in [1.82, 2.24) is 9.78 Å². The molecule has 4 nitrogen and oxygen atoms in total. The fourth-order valence-corrected chi connectivity index (χ4v) is 4.32. The van der Waals surface area contributed by atoms with Crippen molar-refractivity contribution in [1.29, 1.82) is 0 Å². The molecule has 0 aliphatic carbocycles. The van der Waals surface area contributed by atoms with E-state index in [1.165, 1.54) is 4.70 Å². The molecular formula is C24H17N3OS. The van der Waals surface area contributed by atoms with Crippen LogP contribution in [0.2, 0.25) is 0 Å². The van der Waals surface area contributed by atoms with E-state index in [0.717, 1.165) is 21.6 Å². The third kappa shape index (κ3) is 3.44. The summed E-state index contributed by atoms with van der Waals surface area (Å²) in [4.78, 5) is 14.1. The highest BCUT2D eigenvalue weighted by molar-refractivity contribution is 7.22. The third-order valence-corrected chi connectivity index (χ3v) is 5.79. The molecule has 0 saturated carbocycles. The normalized spacial score (nSPS) is 10.9. The first kappa shape index (κ1) is 17.4. The standard InChI is InChI=1S/C24H17N3OS/c28-24(25-18-10-3-1-4-11-18)20-16-27(19-12-5-2-6-13-19)26-23(20)22-15-17-9-7-8-14-21(17)29-22/h1-16H,(H,25,28). The molecule has 0 spiro atoms. The van der Waals surface area contributed by atoms with Crippen molar-refractivity contribution in [2.45, 2.75) is 0 Å². The van der Waals surface area contributed by atoms with Gasteiger partial charge in [0, 0.05) is 16.6 Å². The van der Waals surface area contributed by atoms with Crippen LogP contribution in [0.5, 0.6) is 0 Å². The predicted octanol–water partition coefficient (Wildman–Crippen LogP) is 6.01. The Morgan fingerprint density at radius 2 is 1.55 bits per heavy atom. The molecule has 0 unspecified atom stereocenters. The number of carbonyl (C=O) groups is 1. The molecule has 1 N–H and O–H groups in total. The fourth-order valence-electron chi connectivity index (χ4n) is 3.25. The van der Waals surface area contributed by atoms with E-state index in [1.54, 1.807) is 22.2 Å².